The average Bonchev–Trinajstić information content (AvgIpc) is 3.27. The van der Waals surface area contributed by atoms with Crippen molar-refractivity contribution in [3.05, 3.63) is 34.5 Å². The summed E-state index contributed by atoms with van der Waals surface area (Å²) >= 11 is 6.88. The van der Waals surface area contributed by atoms with Crippen molar-refractivity contribution in [1.82, 2.24) is 9.88 Å². The first kappa shape index (κ1) is 19.8. The number of benzene rings is 1. The zero-order chi connectivity index (χ0) is 19.9. The van der Waals surface area contributed by atoms with Crippen LogP contribution in [0.5, 0.6) is 0 Å². The standard InChI is InChI=1S/C17H19ClF2N4O2S2/c18-13-6-12(28(25,26)23-16-21-8-15(20)27-16)2-3-14(13)22-10-17-4-1-5-24(17)9-11(19)7-17/h2-3,6,8,11,22H,1,4-5,7,9-10H2,(H,21,23)/t11-,17+/m0/s1. The van der Waals surface area contributed by atoms with Crippen LogP contribution in [0.2, 0.25) is 5.02 Å². The van der Waals surface area contributed by atoms with Gasteiger partial charge in [0.2, 0.25) is 0 Å². The number of fused-ring (bicyclic) bond motifs is 1. The number of aromatic nitrogens is 1. The summed E-state index contributed by atoms with van der Waals surface area (Å²) in [5, 5.41) is 2.85. The van der Waals surface area contributed by atoms with Gasteiger partial charge < -0.3 is 5.32 Å². The SMILES string of the molecule is O=S(=O)(Nc1ncc(F)s1)c1ccc(NC[C@]23CCCN2C[C@@H](F)C3)c(Cl)c1. The molecule has 0 radical (unpaired) electrons. The number of rotatable bonds is 6. The molecule has 6 nitrogen and oxygen atoms in total. The summed E-state index contributed by atoms with van der Waals surface area (Å²) in [6, 6.07) is 4.32. The number of alkyl halides is 1. The number of hydrogen-bond acceptors (Lipinski definition) is 6. The minimum atomic E-state index is -3.93. The fourth-order valence-corrected chi connectivity index (χ4v) is 6.16. The summed E-state index contributed by atoms with van der Waals surface area (Å²) in [4.78, 5) is 5.79. The van der Waals surface area contributed by atoms with Crippen LogP contribution in [0.15, 0.2) is 29.3 Å². The smallest absolute Gasteiger partial charge is 0.263 e. The van der Waals surface area contributed by atoms with Crippen LogP contribution in [0.1, 0.15) is 19.3 Å². The van der Waals surface area contributed by atoms with Gasteiger partial charge in [-0.2, -0.15) is 4.39 Å². The molecular weight excluding hydrogens is 430 g/mol. The van der Waals surface area contributed by atoms with Gasteiger partial charge in [0, 0.05) is 18.6 Å². The van der Waals surface area contributed by atoms with Crippen molar-refractivity contribution in [2.75, 3.05) is 29.7 Å². The molecule has 0 unspecified atom stereocenters. The highest BCUT2D eigenvalue weighted by Gasteiger charge is 2.48. The Morgan fingerprint density at radius 2 is 2.25 bits per heavy atom. The van der Waals surface area contributed by atoms with Gasteiger partial charge in [-0.05, 0) is 44.0 Å². The zero-order valence-electron chi connectivity index (χ0n) is 14.8. The van der Waals surface area contributed by atoms with Crippen LogP contribution in [-0.4, -0.2) is 49.6 Å². The van der Waals surface area contributed by atoms with E-state index in [0.717, 1.165) is 25.6 Å². The van der Waals surface area contributed by atoms with Crippen molar-refractivity contribution in [1.29, 1.82) is 0 Å². The normalized spacial score (nSPS) is 25.0. The number of thiazole rings is 1. The van der Waals surface area contributed by atoms with Crippen molar-refractivity contribution >= 4 is 43.8 Å². The van der Waals surface area contributed by atoms with Gasteiger partial charge >= 0.3 is 0 Å². The Hall–Kier alpha value is -1.49. The molecule has 152 valence electrons. The van der Waals surface area contributed by atoms with Gasteiger partial charge in [0.25, 0.3) is 10.0 Å². The third kappa shape index (κ3) is 3.83. The third-order valence-corrected chi connectivity index (χ3v) is 7.80. The molecule has 0 spiro atoms. The molecule has 2 N–H and O–H groups in total. The van der Waals surface area contributed by atoms with Gasteiger partial charge in [-0.3, -0.25) is 9.62 Å². The van der Waals surface area contributed by atoms with Crippen LogP contribution in [0.4, 0.5) is 19.6 Å². The Morgan fingerprint density at radius 1 is 1.43 bits per heavy atom. The van der Waals surface area contributed by atoms with Gasteiger partial charge in [-0.15, -0.1) is 0 Å². The van der Waals surface area contributed by atoms with Crippen LogP contribution in [0, 0.1) is 5.13 Å². The summed E-state index contributed by atoms with van der Waals surface area (Å²) in [6.45, 7) is 1.92. The van der Waals surface area contributed by atoms with E-state index in [-0.39, 0.29) is 20.6 Å². The van der Waals surface area contributed by atoms with Crippen molar-refractivity contribution < 1.29 is 17.2 Å². The van der Waals surface area contributed by atoms with Crippen molar-refractivity contribution in [2.24, 2.45) is 0 Å². The van der Waals surface area contributed by atoms with E-state index < -0.39 is 21.3 Å². The molecule has 2 saturated heterocycles. The van der Waals surface area contributed by atoms with E-state index >= 15 is 0 Å². The second kappa shape index (κ2) is 7.40. The summed E-state index contributed by atoms with van der Waals surface area (Å²) in [5.74, 6) is 0. The first-order chi connectivity index (χ1) is 13.3. The van der Waals surface area contributed by atoms with E-state index in [4.69, 9.17) is 11.6 Å². The summed E-state index contributed by atoms with van der Waals surface area (Å²) < 4.78 is 54.0. The molecule has 3 heterocycles. The fourth-order valence-electron chi connectivity index (χ4n) is 4.04. The third-order valence-electron chi connectivity index (χ3n) is 5.32. The highest BCUT2D eigenvalue weighted by atomic mass is 35.5. The van der Waals surface area contributed by atoms with Crippen molar-refractivity contribution in [3.8, 4) is 0 Å². The molecule has 1 aromatic heterocycles. The molecule has 0 saturated carbocycles. The minimum Gasteiger partial charge on any atom is -0.382 e. The molecule has 0 bridgehead atoms. The predicted molar refractivity (Wildman–Crippen MR) is 106 cm³/mol. The summed E-state index contributed by atoms with van der Waals surface area (Å²) in [6.07, 6.45) is 2.60. The Balaban J connectivity index is 1.47. The van der Waals surface area contributed by atoms with Gasteiger partial charge in [-0.1, -0.05) is 22.9 Å². The van der Waals surface area contributed by atoms with Crippen LogP contribution >= 0.6 is 22.9 Å². The van der Waals surface area contributed by atoms with E-state index in [9.17, 15) is 17.2 Å². The maximum Gasteiger partial charge on any atom is 0.263 e. The molecule has 1 aromatic carbocycles. The molecule has 2 fully saturated rings. The second-order valence-corrected chi connectivity index (χ2v) is 10.2. The predicted octanol–water partition coefficient (Wildman–Crippen LogP) is 3.72. The monoisotopic (exact) mass is 448 g/mol. The Bertz CT molecular complexity index is 987. The van der Waals surface area contributed by atoms with Crippen LogP contribution < -0.4 is 10.0 Å². The number of halogens is 3. The lowest BCUT2D eigenvalue weighted by Gasteiger charge is -2.32. The number of hydrogen-bond donors (Lipinski definition) is 2. The Kier molecular flexibility index (Phi) is 5.24. The maximum atomic E-state index is 13.9. The highest BCUT2D eigenvalue weighted by Crippen LogP contribution is 2.40. The molecule has 0 aliphatic carbocycles. The van der Waals surface area contributed by atoms with Crippen LogP contribution in [-0.2, 0) is 10.0 Å². The lowest BCUT2D eigenvalue weighted by molar-refractivity contribution is 0.209. The van der Waals surface area contributed by atoms with Crippen LogP contribution in [0.3, 0.4) is 0 Å². The summed E-state index contributed by atoms with van der Waals surface area (Å²) in [7, 11) is -3.93. The summed E-state index contributed by atoms with van der Waals surface area (Å²) in [5.41, 5.74) is 0.383. The molecule has 11 heteroatoms. The largest absolute Gasteiger partial charge is 0.382 e. The average molecular weight is 449 g/mol. The van der Waals surface area contributed by atoms with Gasteiger partial charge in [0.1, 0.15) is 6.17 Å². The lowest BCUT2D eigenvalue weighted by atomic mass is 9.93. The minimum absolute atomic E-state index is 0.0518. The zero-order valence-corrected chi connectivity index (χ0v) is 17.2. The number of nitrogens with one attached hydrogen (secondary N) is 2. The van der Waals surface area contributed by atoms with E-state index in [1.807, 2.05) is 0 Å². The van der Waals surface area contributed by atoms with E-state index in [0.29, 0.717) is 36.5 Å². The Morgan fingerprint density at radius 3 is 2.96 bits per heavy atom. The number of anilines is 2. The van der Waals surface area contributed by atoms with E-state index in [1.54, 1.807) is 6.07 Å². The Labute approximate surface area is 171 Å². The fraction of sp³-hybridized carbons (Fsp3) is 0.471. The molecule has 2 aliphatic heterocycles. The quantitative estimate of drug-likeness (QED) is 0.704. The van der Waals surface area contributed by atoms with E-state index in [1.165, 1.54) is 12.1 Å². The number of sulfonamides is 1. The van der Waals surface area contributed by atoms with E-state index in [2.05, 4.69) is 19.9 Å². The molecule has 2 aliphatic rings. The lowest BCUT2D eigenvalue weighted by Crippen LogP contribution is -2.44. The van der Waals surface area contributed by atoms with Crippen LogP contribution in [0.25, 0.3) is 0 Å². The second-order valence-electron chi connectivity index (χ2n) is 7.15. The molecular formula is C17H19ClF2N4O2S2. The molecule has 0 amide bonds. The maximum absolute atomic E-state index is 13.9. The van der Waals surface area contributed by atoms with Gasteiger partial charge in [-0.25, -0.2) is 17.8 Å². The van der Waals surface area contributed by atoms with Crippen molar-refractivity contribution in [2.45, 2.75) is 35.9 Å². The van der Waals surface area contributed by atoms with Gasteiger partial charge in [0.05, 0.1) is 21.8 Å². The first-order valence-corrected chi connectivity index (χ1v) is 11.5. The number of nitrogens with zero attached hydrogens (tertiary/aromatic N) is 2. The van der Waals surface area contributed by atoms with Gasteiger partial charge in [0.15, 0.2) is 10.3 Å². The molecule has 4 rings (SSSR count). The molecule has 2 atom stereocenters. The first-order valence-electron chi connectivity index (χ1n) is 8.84. The topological polar surface area (TPSA) is 74.3 Å². The molecule has 2 aromatic rings. The highest BCUT2D eigenvalue weighted by molar-refractivity contribution is 7.93. The van der Waals surface area contributed by atoms with Crippen molar-refractivity contribution in [3.63, 3.8) is 0 Å². The molecule has 28 heavy (non-hydrogen) atoms.